The van der Waals surface area contributed by atoms with Gasteiger partial charge in [-0.05, 0) is 12.1 Å². The number of ketones is 2. The molecule has 9 heteroatoms. The lowest BCUT2D eigenvalue weighted by Crippen LogP contribution is -2.72. The Bertz CT molecular complexity index is 1150. The van der Waals surface area contributed by atoms with Crippen molar-refractivity contribution in [3.8, 4) is 17.2 Å². The second-order valence-electron chi connectivity index (χ2n) is 7.53. The van der Waals surface area contributed by atoms with Gasteiger partial charge in [-0.3, -0.25) is 14.4 Å². The van der Waals surface area contributed by atoms with Crippen LogP contribution in [0.3, 0.4) is 0 Å². The van der Waals surface area contributed by atoms with E-state index in [9.17, 15) is 39.9 Å². The molecule has 0 radical (unpaired) electrons. The van der Waals surface area contributed by atoms with Crippen LogP contribution in [0.15, 0.2) is 36.4 Å². The van der Waals surface area contributed by atoms with Crippen LogP contribution in [-0.4, -0.2) is 54.3 Å². The summed E-state index contributed by atoms with van der Waals surface area (Å²) in [5.41, 5.74) is -10.2. The van der Waals surface area contributed by atoms with Crippen molar-refractivity contribution in [1.29, 1.82) is 0 Å². The number of ether oxygens (including phenoxy) is 1. The molecule has 0 saturated heterocycles. The number of fused-ring (bicyclic) bond motifs is 8. The molecule has 5 rings (SSSR count). The third-order valence-corrected chi connectivity index (χ3v) is 6.27. The van der Waals surface area contributed by atoms with Crippen molar-refractivity contribution >= 4 is 17.5 Å². The predicted octanol–water partition coefficient (Wildman–Crippen LogP) is -0.234. The molecule has 2 aromatic rings. The molecule has 2 aromatic carbocycles. The Morgan fingerprint density at radius 3 is 2.28 bits per heavy atom. The van der Waals surface area contributed by atoms with Crippen molar-refractivity contribution < 1.29 is 44.7 Å². The first-order chi connectivity index (χ1) is 13.6. The fourth-order valence-electron chi connectivity index (χ4n) is 4.88. The number of para-hydroxylation sites is 1. The first-order valence-electron chi connectivity index (χ1n) is 8.72. The number of rotatable bonds is 0. The number of phenolic OH excluding ortho intramolecular Hbond substituents is 2. The lowest BCUT2D eigenvalue weighted by Gasteiger charge is -2.47. The number of benzene rings is 2. The quantitative estimate of drug-likeness (QED) is 0.298. The molecule has 0 aromatic heterocycles. The first kappa shape index (κ1) is 17.8. The van der Waals surface area contributed by atoms with Gasteiger partial charge >= 0.3 is 5.97 Å². The minimum absolute atomic E-state index is 0.341. The van der Waals surface area contributed by atoms with Crippen molar-refractivity contribution in [1.82, 2.24) is 0 Å². The number of phenols is 2. The van der Waals surface area contributed by atoms with Gasteiger partial charge < -0.3 is 30.3 Å². The Morgan fingerprint density at radius 1 is 0.897 bits per heavy atom. The number of esters is 1. The maximum Gasteiger partial charge on any atom is 0.318 e. The minimum Gasteiger partial charge on any atom is -0.507 e. The Morgan fingerprint density at radius 2 is 1.55 bits per heavy atom. The van der Waals surface area contributed by atoms with Crippen LogP contribution in [0, 0.1) is 5.92 Å². The molecule has 2 aliphatic carbocycles. The second kappa shape index (κ2) is 5.01. The van der Waals surface area contributed by atoms with E-state index in [0.717, 1.165) is 12.1 Å². The Balaban J connectivity index is 1.92. The molecule has 29 heavy (non-hydrogen) atoms. The van der Waals surface area contributed by atoms with E-state index in [1.54, 1.807) is 0 Å². The van der Waals surface area contributed by atoms with Crippen LogP contribution in [0.25, 0.3) is 0 Å². The van der Waals surface area contributed by atoms with E-state index in [2.05, 4.69) is 0 Å². The van der Waals surface area contributed by atoms with Crippen LogP contribution >= 0.6 is 0 Å². The second-order valence-corrected chi connectivity index (χ2v) is 7.53. The average molecular weight is 398 g/mol. The van der Waals surface area contributed by atoms with Crippen molar-refractivity contribution in [3.05, 3.63) is 53.1 Å². The summed E-state index contributed by atoms with van der Waals surface area (Å²) < 4.78 is 5.11. The maximum absolute atomic E-state index is 13.4. The number of aromatic hydroxyl groups is 2. The van der Waals surface area contributed by atoms with Gasteiger partial charge in [0.2, 0.25) is 5.78 Å². The number of aliphatic hydroxyl groups is 3. The highest BCUT2D eigenvalue weighted by atomic mass is 16.5. The molecule has 1 fully saturated rings. The molecule has 5 N–H and O–H groups in total. The Labute approximate surface area is 162 Å². The Hall–Kier alpha value is -3.27. The largest absolute Gasteiger partial charge is 0.507 e. The summed E-state index contributed by atoms with van der Waals surface area (Å²) in [5.74, 6) is -7.18. The topological polar surface area (TPSA) is 162 Å². The maximum atomic E-state index is 13.4. The molecular weight excluding hydrogens is 384 g/mol. The summed E-state index contributed by atoms with van der Waals surface area (Å²) in [6.07, 6.45) is -0.721. The number of Topliss-reactive ketones (excluding diaryl/α,β-unsaturated/α-hetero) is 2. The van der Waals surface area contributed by atoms with Gasteiger partial charge in [0.1, 0.15) is 17.3 Å². The summed E-state index contributed by atoms with van der Waals surface area (Å²) >= 11 is 0. The van der Waals surface area contributed by atoms with Gasteiger partial charge in [-0.1, -0.05) is 24.3 Å². The van der Waals surface area contributed by atoms with Crippen molar-refractivity contribution in [2.45, 2.75) is 23.2 Å². The van der Waals surface area contributed by atoms with Gasteiger partial charge in [0, 0.05) is 17.5 Å². The van der Waals surface area contributed by atoms with E-state index < -0.39 is 69.5 Å². The summed E-state index contributed by atoms with van der Waals surface area (Å²) in [6.45, 7) is 0. The molecule has 148 valence electrons. The molecule has 9 nitrogen and oxygen atoms in total. The van der Waals surface area contributed by atoms with E-state index in [0.29, 0.717) is 0 Å². The molecule has 1 heterocycles. The fraction of sp³-hybridized carbons (Fsp3) is 0.250. The van der Waals surface area contributed by atoms with Crippen molar-refractivity contribution in [2.75, 3.05) is 0 Å². The molecule has 1 saturated carbocycles. The van der Waals surface area contributed by atoms with Crippen LogP contribution in [0.1, 0.15) is 32.7 Å². The minimum atomic E-state index is -3.21. The lowest BCUT2D eigenvalue weighted by molar-refractivity contribution is -0.181. The zero-order valence-corrected chi connectivity index (χ0v) is 14.6. The SMILES string of the molecule is O=C1Oc2c(O)cccc2[C@@]2(O)C[C@@H]1C1(O)C(=O)c3cccc(O)c3C(=O)C12O. The molecule has 0 amide bonds. The van der Waals surface area contributed by atoms with E-state index >= 15 is 0 Å². The summed E-state index contributed by atoms with van der Waals surface area (Å²) in [6, 6.07) is 7.19. The average Bonchev–Trinajstić information content (AvgIpc) is 2.79. The van der Waals surface area contributed by atoms with Gasteiger partial charge in [0.15, 0.2) is 28.5 Å². The first-order valence-corrected chi connectivity index (χ1v) is 8.72. The lowest BCUT2D eigenvalue weighted by atomic mass is 9.62. The van der Waals surface area contributed by atoms with Gasteiger partial charge in [-0.2, -0.15) is 0 Å². The predicted molar refractivity (Wildman–Crippen MR) is 92.4 cm³/mol. The van der Waals surface area contributed by atoms with Crippen LogP contribution in [0.4, 0.5) is 0 Å². The standard InChI is InChI=1S/C20H14O9/c21-11-5-1-3-8-13(11)16(24)20(28)18(26)7-10(19(20,27)15(8)23)17(25)29-14-9(18)4-2-6-12(14)22/h1-6,10,21-22,26-28H,7H2/t10-,18-,19?,20?/m0/s1. The summed E-state index contributed by atoms with van der Waals surface area (Å²) in [5, 5.41) is 54.6. The highest BCUT2D eigenvalue weighted by Crippen LogP contribution is 2.63. The highest BCUT2D eigenvalue weighted by Gasteiger charge is 2.83. The molecule has 4 atom stereocenters. The van der Waals surface area contributed by atoms with Gasteiger partial charge in [-0.15, -0.1) is 0 Å². The van der Waals surface area contributed by atoms with Crippen LogP contribution < -0.4 is 4.74 Å². The molecular formula is C20H14O9. The van der Waals surface area contributed by atoms with Crippen LogP contribution in [0.5, 0.6) is 17.2 Å². The summed E-state index contributed by atoms with van der Waals surface area (Å²) in [4.78, 5) is 39.3. The smallest absolute Gasteiger partial charge is 0.318 e. The third kappa shape index (κ3) is 1.66. The monoisotopic (exact) mass is 398 g/mol. The van der Waals surface area contributed by atoms with Gasteiger partial charge in [0.25, 0.3) is 0 Å². The highest BCUT2D eigenvalue weighted by molar-refractivity contribution is 6.25. The molecule has 2 bridgehead atoms. The van der Waals surface area contributed by atoms with E-state index in [-0.39, 0.29) is 11.1 Å². The van der Waals surface area contributed by atoms with E-state index in [4.69, 9.17) is 4.74 Å². The zero-order valence-electron chi connectivity index (χ0n) is 14.6. The number of hydrogen-bond acceptors (Lipinski definition) is 9. The van der Waals surface area contributed by atoms with E-state index in [1.165, 1.54) is 24.3 Å². The van der Waals surface area contributed by atoms with Crippen LogP contribution in [-0.2, 0) is 10.4 Å². The zero-order chi connectivity index (χ0) is 20.9. The fourth-order valence-corrected chi connectivity index (χ4v) is 4.88. The number of hydrogen-bond donors (Lipinski definition) is 5. The number of carbonyl (C=O) groups is 3. The normalized spacial score (nSPS) is 34.7. The summed E-state index contributed by atoms with van der Waals surface area (Å²) in [7, 11) is 0. The Kier molecular flexibility index (Phi) is 3.07. The molecule has 1 aliphatic heterocycles. The van der Waals surface area contributed by atoms with Crippen molar-refractivity contribution in [3.63, 3.8) is 0 Å². The van der Waals surface area contributed by atoms with E-state index in [1.807, 2.05) is 0 Å². The molecule has 3 aliphatic rings. The number of carbonyl (C=O) groups excluding carboxylic acids is 3. The van der Waals surface area contributed by atoms with Crippen molar-refractivity contribution in [2.24, 2.45) is 5.92 Å². The van der Waals surface area contributed by atoms with Gasteiger partial charge in [-0.25, -0.2) is 0 Å². The van der Waals surface area contributed by atoms with Gasteiger partial charge in [0.05, 0.1) is 5.56 Å². The molecule has 2 unspecified atom stereocenters. The molecule has 0 spiro atoms. The van der Waals surface area contributed by atoms with Crippen LogP contribution in [0.2, 0.25) is 0 Å². The third-order valence-electron chi connectivity index (χ3n) is 6.27.